The van der Waals surface area contributed by atoms with E-state index in [1.54, 1.807) is 0 Å². The maximum Gasteiger partial charge on any atom is 0.405 e. The van der Waals surface area contributed by atoms with Gasteiger partial charge in [0.15, 0.2) is 5.92 Å². The van der Waals surface area contributed by atoms with Crippen LogP contribution in [0.4, 0.5) is 13.2 Å². The third-order valence-corrected chi connectivity index (χ3v) is 2.54. The second-order valence-corrected chi connectivity index (χ2v) is 3.85. The molecule has 0 aromatic rings. The molecule has 1 saturated heterocycles. The second kappa shape index (κ2) is 6.56. The smallest absolute Gasteiger partial charge is 0.378 e. The number of amides is 1. The van der Waals surface area contributed by atoms with Crippen molar-refractivity contribution in [2.75, 3.05) is 39.4 Å². The van der Waals surface area contributed by atoms with Gasteiger partial charge in [0.05, 0.1) is 25.8 Å². The quantitative estimate of drug-likeness (QED) is 0.785. The molecule has 5 nitrogen and oxygen atoms in total. The van der Waals surface area contributed by atoms with E-state index in [2.05, 4.69) is 5.32 Å². The van der Waals surface area contributed by atoms with Crippen molar-refractivity contribution < 1.29 is 22.7 Å². The number of ether oxygens (including phenoxy) is 1. The molecular formula is C10H14F3N3O2. The summed E-state index contributed by atoms with van der Waals surface area (Å²) in [5, 5.41) is 10.7. The van der Waals surface area contributed by atoms with Gasteiger partial charge in [0.25, 0.3) is 0 Å². The number of morpholine rings is 1. The molecule has 1 amide bonds. The lowest BCUT2D eigenvalue weighted by atomic mass is 10.1. The number of rotatable bonds is 4. The molecule has 0 radical (unpaired) electrons. The average Bonchev–Trinajstić information content (AvgIpc) is 2.34. The fourth-order valence-corrected chi connectivity index (χ4v) is 1.48. The van der Waals surface area contributed by atoms with Crippen LogP contribution >= 0.6 is 0 Å². The molecule has 1 atom stereocenters. The topological polar surface area (TPSA) is 65.4 Å². The van der Waals surface area contributed by atoms with Gasteiger partial charge in [-0.1, -0.05) is 0 Å². The standard InChI is InChI=1S/C10H14F3N3O2/c11-10(12,13)8(5-14)6-15-7-9(17)16-1-3-18-4-2-16/h8,15H,1-4,6-7H2. The van der Waals surface area contributed by atoms with Crippen LogP contribution in [0.2, 0.25) is 0 Å². The Balaban J connectivity index is 2.28. The van der Waals surface area contributed by atoms with E-state index in [9.17, 15) is 18.0 Å². The minimum absolute atomic E-state index is 0.200. The first-order chi connectivity index (χ1) is 8.45. The number of alkyl halides is 3. The van der Waals surface area contributed by atoms with E-state index in [0.29, 0.717) is 26.3 Å². The zero-order valence-corrected chi connectivity index (χ0v) is 9.66. The van der Waals surface area contributed by atoms with Crippen molar-refractivity contribution in [3.63, 3.8) is 0 Å². The van der Waals surface area contributed by atoms with Gasteiger partial charge < -0.3 is 15.0 Å². The van der Waals surface area contributed by atoms with Crippen molar-refractivity contribution in [1.82, 2.24) is 10.2 Å². The zero-order valence-electron chi connectivity index (χ0n) is 9.66. The van der Waals surface area contributed by atoms with Gasteiger partial charge in [0.2, 0.25) is 5.91 Å². The van der Waals surface area contributed by atoms with Crippen LogP contribution in [0.5, 0.6) is 0 Å². The Bertz CT molecular complexity index is 321. The van der Waals surface area contributed by atoms with Crippen LogP contribution in [-0.2, 0) is 9.53 Å². The minimum atomic E-state index is -4.57. The van der Waals surface area contributed by atoms with Gasteiger partial charge in [-0.25, -0.2) is 0 Å². The monoisotopic (exact) mass is 265 g/mol. The second-order valence-electron chi connectivity index (χ2n) is 3.85. The molecule has 0 spiro atoms. The van der Waals surface area contributed by atoms with Crippen molar-refractivity contribution in [3.05, 3.63) is 0 Å². The molecule has 0 saturated carbocycles. The Morgan fingerprint density at radius 1 is 1.44 bits per heavy atom. The molecule has 0 bridgehead atoms. The van der Waals surface area contributed by atoms with Gasteiger partial charge >= 0.3 is 6.18 Å². The number of carbonyl (C=O) groups is 1. The summed E-state index contributed by atoms with van der Waals surface area (Å²) in [4.78, 5) is 13.1. The lowest BCUT2D eigenvalue weighted by Crippen LogP contribution is -2.45. The molecule has 1 fully saturated rings. The summed E-state index contributed by atoms with van der Waals surface area (Å²) in [7, 11) is 0. The van der Waals surface area contributed by atoms with Crippen LogP contribution in [0.15, 0.2) is 0 Å². The molecule has 0 aromatic carbocycles. The van der Waals surface area contributed by atoms with Crippen LogP contribution in [0.1, 0.15) is 0 Å². The van der Waals surface area contributed by atoms with Crippen LogP contribution in [0, 0.1) is 17.2 Å². The SMILES string of the molecule is N#CC(CNCC(=O)N1CCOCC1)C(F)(F)F. The Labute approximate surface area is 102 Å². The number of carbonyl (C=O) groups excluding carboxylic acids is 1. The fourth-order valence-electron chi connectivity index (χ4n) is 1.48. The third kappa shape index (κ3) is 4.50. The first kappa shape index (κ1) is 14.7. The number of hydrogen-bond donors (Lipinski definition) is 1. The third-order valence-electron chi connectivity index (χ3n) is 2.54. The van der Waals surface area contributed by atoms with Crippen molar-refractivity contribution in [3.8, 4) is 6.07 Å². The number of halogens is 3. The van der Waals surface area contributed by atoms with Crippen LogP contribution in [0.25, 0.3) is 0 Å². The number of nitrogens with one attached hydrogen (secondary N) is 1. The molecule has 102 valence electrons. The van der Waals surface area contributed by atoms with E-state index >= 15 is 0 Å². The summed E-state index contributed by atoms with van der Waals surface area (Å²) < 4.78 is 41.7. The summed E-state index contributed by atoms with van der Waals surface area (Å²) in [5.74, 6) is -2.37. The summed E-state index contributed by atoms with van der Waals surface area (Å²) in [6.45, 7) is 0.998. The molecule has 1 rings (SSSR count). The Morgan fingerprint density at radius 3 is 2.56 bits per heavy atom. The van der Waals surface area contributed by atoms with E-state index in [-0.39, 0.29) is 12.5 Å². The molecule has 1 aliphatic heterocycles. The highest BCUT2D eigenvalue weighted by atomic mass is 19.4. The highest BCUT2D eigenvalue weighted by Gasteiger charge is 2.39. The van der Waals surface area contributed by atoms with E-state index < -0.39 is 18.6 Å². The highest BCUT2D eigenvalue weighted by molar-refractivity contribution is 5.78. The fraction of sp³-hybridized carbons (Fsp3) is 0.800. The highest BCUT2D eigenvalue weighted by Crippen LogP contribution is 2.24. The van der Waals surface area contributed by atoms with Crippen LogP contribution < -0.4 is 5.32 Å². The lowest BCUT2D eigenvalue weighted by Gasteiger charge is -2.27. The molecule has 1 aliphatic rings. The molecule has 1 unspecified atom stereocenters. The average molecular weight is 265 g/mol. The van der Waals surface area contributed by atoms with Crippen LogP contribution in [0.3, 0.4) is 0 Å². The molecular weight excluding hydrogens is 251 g/mol. The van der Waals surface area contributed by atoms with Gasteiger partial charge in [0, 0.05) is 19.6 Å². The maximum atomic E-state index is 12.2. The van der Waals surface area contributed by atoms with Crippen molar-refractivity contribution in [2.45, 2.75) is 6.18 Å². The molecule has 8 heteroatoms. The van der Waals surface area contributed by atoms with Crippen molar-refractivity contribution in [2.24, 2.45) is 5.92 Å². The minimum Gasteiger partial charge on any atom is -0.378 e. The molecule has 0 aliphatic carbocycles. The normalized spacial score (nSPS) is 18.2. The van der Waals surface area contributed by atoms with E-state index in [4.69, 9.17) is 10.00 Å². The largest absolute Gasteiger partial charge is 0.405 e. The summed E-state index contributed by atoms with van der Waals surface area (Å²) in [5.41, 5.74) is 0. The summed E-state index contributed by atoms with van der Waals surface area (Å²) in [6, 6.07) is 1.16. The Hall–Kier alpha value is -1.33. The predicted molar refractivity (Wildman–Crippen MR) is 55.4 cm³/mol. The predicted octanol–water partition coefficient (Wildman–Crippen LogP) is 0.137. The number of nitrogens with zero attached hydrogens (tertiary/aromatic N) is 2. The Morgan fingerprint density at radius 2 is 2.06 bits per heavy atom. The maximum absolute atomic E-state index is 12.2. The Kier molecular flexibility index (Phi) is 5.37. The first-order valence-corrected chi connectivity index (χ1v) is 5.47. The number of hydrogen-bond acceptors (Lipinski definition) is 4. The summed E-state index contributed by atoms with van der Waals surface area (Å²) in [6.07, 6.45) is -4.57. The van der Waals surface area contributed by atoms with Gasteiger partial charge in [-0.05, 0) is 0 Å². The van der Waals surface area contributed by atoms with Gasteiger partial charge in [-0.15, -0.1) is 0 Å². The first-order valence-electron chi connectivity index (χ1n) is 5.47. The van der Waals surface area contributed by atoms with Gasteiger partial charge in [-0.2, -0.15) is 18.4 Å². The molecule has 1 N–H and O–H groups in total. The van der Waals surface area contributed by atoms with Gasteiger partial charge in [0.1, 0.15) is 0 Å². The zero-order chi connectivity index (χ0) is 13.6. The number of nitriles is 1. The van der Waals surface area contributed by atoms with E-state index in [1.807, 2.05) is 0 Å². The van der Waals surface area contributed by atoms with Crippen molar-refractivity contribution in [1.29, 1.82) is 5.26 Å². The van der Waals surface area contributed by atoms with Crippen LogP contribution in [-0.4, -0.2) is 56.4 Å². The molecule has 18 heavy (non-hydrogen) atoms. The molecule has 1 heterocycles. The van der Waals surface area contributed by atoms with E-state index in [1.165, 1.54) is 4.90 Å². The molecule has 0 aromatic heterocycles. The van der Waals surface area contributed by atoms with Crippen molar-refractivity contribution >= 4 is 5.91 Å². The van der Waals surface area contributed by atoms with E-state index in [0.717, 1.165) is 6.07 Å². The summed E-state index contributed by atoms with van der Waals surface area (Å²) >= 11 is 0. The van der Waals surface area contributed by atoms with Gasteiger partial charge in [-0.3, -0.25) is 4.79 Å². The lowest BCUT2D eigenvalue weighted by molar-refractivity contribution is -0.158.